The Morgan fingerprint density at radius 1 is 1.60 bits per heavy atom. The SMILES string of the molecule is CCC(C)C1=CCC(CCC=O)C(C)C1. The summed E-state index contributed by atoms with van der Waals surface area (Å²) in [6.07, 6.45) is 8.99. The lowest BCUT2D eigenvalue weighted by Gasteiger charge is -2.30. The highest BCUT2D eigenvalue weighted by molar-refractivity contribution is 5.49. The van der Waals surface area contributed by atoms with Crippen LogP contribution in [0.4, 0.5) is 0 Å². The molecule has 3 unspecified atom stereocenters. The van der Waals surface area contributed by atoms with E-state index in [4.69, 9.17) is 0 Å². The molecule has 0 aromatic heterocycles. The average Bonchev–Trinajstić information content (AvgIpc) is 2.26. The maximum atomic E-state index is 10.4. The van der Waals surface area contributed by atoms with Gasteiger partial charge in [-0.3, -0.25) is 0 Å². The Morgan fingerprint density at radius 3 is 2.87 bits per heavy atom. The van der Waals surface area contributed by atoms with Gasteiger partial charge in [0.1, 0.15) is 6.29 Å². The second-order valence-corrected chi connectivity index (χ2v) is 5.01. The highest BCUT2D eigenvalue weighted by Crippen LogP contribution is 2.35. The Balaban J connectivity index is 2.50. The van der Waals surface area contributed by atoms with Crippen LogP contribution in [0.5, 0.6) is 0 Å². The Labute approximate surface area is 93.9 Å². The summed E-state index contributed by atoms with van der Waals surface area (Å²) in [5.74, 6) is 2.25. The van der Waals surface area contributed by atoms with Crippen LogP contribution >= 0.6 is 0 Å². The summed E-state index contributed by atoms with van der Waals surface area (Å²) in [6.45, 7) is 6.92. The van der Waals surface area contributed by atoms with Crippen LogP contribution in [0.3, 0.4) is 0 Å². The zero-order valence-corrected chi connectivity index (χ0v) is 10.3. The van der Waals surface area contributed by atoms with E-state index in [-0.39, 0.29) is 0 Å². The summed E-state index contributed by atoms with van der Waals surface area (Å²) in [5, 5.41) is 0. The van der Waals surface area contributed by atoms with Gasteiger partial charge in [0.05, 0.1) is 0 Å². The van der Waals surface area contributed by atoms with Gasteiger partial charge < -0.3 is 4.79 Å². The van der Waals surface area contributed by atoms with Gasteiger partial charge in [0.25, 0.3) is 0 Å². The van der Waals surface area contributed by atoms with Gasteiger partial charge in [0.2, 0.25) is 0 Å². The highest BCUT2D eigenvalue weighted by Gasteiger charge is 2.23. The molecule has 15 heavy (non-hydrogen) atoms. The van der Waals surface area contributed by atoms with E-state index in [0.29, 0.717) is 0 Å². The molecule has 1 aliphatic carbocycles. The molecule has 1 rings (SSSR count). The molecule has 1 nitrogen and oxygen atoms in total. The van der Waals surface area contributed by atoms with Crippen molar-refractivity contribution >= 4 is 6.29 Å². The van der Waals surface area contributed by atoms with E-state index in [9.17, 15) is 4.79 Å². The summed E-state index contributed by atoms with van der Waals surface area (Å²) in [5.41, 5.74) is 1.65. The van der Waals surface area contributed by atoms with Gasteiger partial charge in [0, 0.05) is 6.42 Å². The third kappa shape index (κ3) is 3.48. The molecule has 0 radical (unpaired) electrons. The minimum absolute atomic E-state index is 0.738. The predicted molar refractivity (Wildman–Crippen MR) is 64.7 cm³/mol. The van der Waals surface area contributed by atoms with Crippen molar-refractivity contribution < 1.29 is 4.79 Å². The molecule has 0 aliphatic heterocycles. The number of rotatable bonds is 5. The van der Waals surface area contributed by atoms with Crippen molar-refractivity contribution in [3.63, 3.8) is 0 Å². The Morgan fingerprint density at radius 2 is 2.33 bits per heavy atom. The normalized spacial score (nSPS) is 28.3. The lowest BCUT2D eigenvalue weighted by molar-refractivity contribution is -0.108. The number of hydrogen-bond acceptors (Lipinski definition) is 1. The van der Waals surface area contributed by atoms with Crippen molar-refractivity contribution in [2.45, 2.75) is 52.9 Å². The third-order valence-electron chi connectivity index (χ3n) is 3.95. The first-order valence-electron chi connectivity index (χ1n) is 6.31. The molecule has 1 heteroatoms. The van der Waals surface area contributed by atoms with Crippen LogP contribution in [0.1, 0.15) is 52.9 Å². The van der Waals surface area contributed by atoms with Crippen LogP contribution in [-0.2, 0) is 4.79 Å². The van der Waals surface area contributed by atoms with Crippen molar-refractivity contribution in [1.29, 1.82) is 0 Å². The second kappa shape index (κ2) is 6.09. The zero-order chi connectivity index (χ0) is 11.3. The maximum absolute atomic E-state index is 10.4. The molecule has 1 aliphatic rings. The minimum atomic E-state index is 0.738. The van der Waals surface area contributed by atoms with E-state index in [1.807, 2.05) is 0 Å². The fraction of sp³-hybridized carbons (Fsp3) is 0.786. The number of carbonyl (C=O) groups excluding carboxylic acids is 1. The van der Waals surface area contributed by atoms with Crippen LogP contribution in [0.2, 0.25) is 0 Å². The van der Waals surface area contributed by atoms with E-state index in [1.54, 1.807) is 5.57 Å². The van der Waals surface area contributed by atoms with Gasteiger partial charge in [0.15, 0.2) is 0 Å². The van der Waals surface area contributed by atoms with Crippen LogP contribution in [0, 0.1) is 17.8 Å². The molecule has 0 aromatic carbocycles. The first-order chi connectivity index (χ1) is 7.19. The van der Waals surface area contributed by atoms with Gasteiger partial charge in [-0.1, -0.05) is 32.4 Å². The first-order valence-corrected chi connectivity index (χ1v) is 6.31. The van der Waals surface area contributed by atoms with Gasteiger partial charge in [-0.2, -0.15) is 0 Å². The molecule has 0 heterocycles. The van der Waals surface area contributed by atoms with Crippen molar-refractivity contribution in [3.8, 4) is 0 Å². The highest BCUT2D eigenvalue weighted by atomic mass is 16.1. The smallest absolute Gasteiger partial charge is 0.120 e. The van der Waals surface area contributed by atoms with Crippen LogP contribution in [0.25, 0.3) is 0 Å². The summed E-state index contributed by atoms with van der Waals surface area (Å²) in [6, 6.07) is 0. The minimum Gasteiger partial charge on any atom is -0.303 e. The Hall–Kier alpha value is -0.590. The number of hydrogen-bond donors (Lipinski definition) is 0. The fourth-order valence-electron chi connectivity index (χ4n) is 2.51. The Kier molecular flexibility index (Phi) is 5.07. The molecule has 3 atom stereocenters. The van der Waals surface area contributed by atoms with Crippen molar-refractivity contribution in [2.75, 3.05) is 0 Å². The van der Waals surface area contributed by atoms with Gasteiger partial charge in [-0.05, 0) is 43.4 Å². The zero-order valence-electron chi connectivity index (χ0n) is 10.3. The maximum Gasteiger partial charge on any atom is 0.120 e. The summed E-state index contributed by atoms with van der Waals surface area (Å²) in [4.78, 5) is 10.4. The number of carbonyl (C=O) groups is 1. The molecule has 0 aromatic rings. The predicted octanol–water partition coefficient (Wildman–Crippen LogP) is 3.98. The lowest BCUT2D eigenvalue weighted by atomic mass is 9.75. The van der Waals surface area contributed by atoms with Crippen LogP contribution in [-0.4, -0.2) is 6.29 Å². The van der Waals surface area contributed by atoms with Crippen molar-refractivity contribution in [1.82, 2.24) is 0 Å². The topological polar surface area (TPSA) is 17.1 Å². The average molecular weight is 208 g/mol. The standard InChI is InChI=1S/C14H24O/c1-4-11(2)14-8-7-13(6-5-9-15)12(3)10-14/h8-9,11-13H,4-7,10H2,1-3H3. The second-order valence-electron chi connectivity index (χ2n) is 5.01. The molecule has 0 fully saturated rings. The van der Waals surface area contributed by atoms with Gasteiger partial charge in [-0.15, -0.1) is 0 Å². The Bertz CT molecular complexity index is 229. The summed E-state index contributed by atoms with van der Waals surface area (Å²) < 4.78 is 0. The van der Waals surface area contributed by atoms with Gasteiger partial charge >= 0.3 is 0 Å². The number of aldehydes is 1. The lowest BCUT2D eigenvalue weighted by Crippen LogP contribution is -2.18. The van der Waals surface area contributed by atoms with Crippen LogP contribution in [0.15, 0.2) is 11.6 Å². The van der Waals surface area contributed by atoms with Crippen LogP contribution < -0.4 is 0 Å². The van der Waals surface area contributed by atoms with E-state index >= 15 is 0 Å². The molecule has 0 N–H and O–H groups in total. The molecule has 0 spiro atoms. The largest absolute Gasteiger partial charge is 0.303 e. The monoisotopic (exact) mass is 208 g/mol. The first kappa shape index (κ1) is 12.5. The molecule has 0 saturated carbocycles. The van der Waals surface area contributed by atoms with E-state index < -0.39 is 0 Å². The molecular formula is C14H24O. The summed E-state index contributed by atoms with van der Waals surface area (Å²) >= 11 is 0. The molecule has 0 bridgehead atoms. The molecule has 0 amide bonds. The van der Waals surface area contributed by atoms with E-state index in [2.05, 4.69) is 26.8 Å². The van der Waals surface area contributed by atoms with E-state index in [0.717, 1.165) is 36.9 Å². The summed E-state index contributed by atoms with van der Waals surface area (Å²) in [7, 11) is 0. The fourth-order valence-corrected chi connectivity index (χ4v) is 2.51. The molecule has 86 valence electrons. The van der Waals surface area contributed by atoms with Crippen molar-refractivity contribution in [3.05, 3.63) is 11.6 Å². The third-order valence-corrected chi connectivity index (χ3v) is 3.95. The molecule has 0 saturated heterocycles. The number of allylic oxidation sites excluding steroid dienone is 2. The van der Waals surface area contributed by atoms with Gasteiger partial charge in [-0.25, -0.2) is 0 Å². The molecular weight excluding hydrogens is 184 g/mol. The van der Waals surface area contributed by atoms with Crippen molar-refractivity contribution in [2.24, 2.45) is 17.8 Å². The van der Waals surface area contributed by atoms with E-state index in [1.165, 1.54) is 19.3 Å². The quantitative estimate of drug-likeness (QED) is 0.493.